The zero-order valence-corrected chi connectivity index (χ0v) is 17.2. The van der Waals surface area contributed by atoms with E-state index >= 15 is 0 Å². The Bertz CT molecular complexity index is 240. The van der Waals surface area contributed by atoms with Gasteiger partial charge in [-0.3, -0.25) is 0 Å². The molecule has 0 rings (SSSR count). The largest absolute Gasteiger partial charge is 0.338 e. The number of hydrogen-bond donors (Lipinski definition) is 0. The molecular formula is C21H44OP+. The molecule has 0 aromatic carbocycles. The van der Waals surface area contributed by atoms with Crippen LogP contribution < -0.4 is 0 Å². The molecule has 138 valence electrons. The zero-order valence-electron chi connectivity index (χ0n) is 16.3. The van der Waals surface area contributed by atoms with Crippen molar-refractivity contribution in [3.8, 4) is 0 Å². The Kier molecular flexibility index (Phi) is 20.2. The molecular weight excluding hydrogens is 299 g/mol. The second kappa shape index (κ2) is 20.1. The van der Waals surface area contributed by atoms with E-state index in [-0.39, 0.29) is 0 Å². The standard InChI is InChI=1S/C21H44OP/c1-3-5-6-7-8-9-10-11-12-13-14-15-16-17-18-19-21-23(22)20-4-2/h3-21H2,1-2H3/q+1. The monoisotopic (exact) mass is 343 g/mol. The highest BCUT2D eigenvalue weighted by atomic mass is 31.1. The van der Waals surface area contributed by atoms with Gasteiger partial charge < -0.3 is 0 Å². The van der Waals surface area contributed by atoms with E-state index < -0.39 is 7.80 Å². The van der Waals surface area contributed by atoms with E-state index in [2.05, 4.69) is 13.8 Å². The highest BCUT2D eigenvalue weighted by Crippen LogP contribution is 2.23. The Morgan fingerprint density at radius 1 is 0.435 bits per heavy atom. The first-order valence-electron chi connectivity index (χ1n) is 10.7. The molecule has 0 aliphatic rings. The predicted octanol–water partition coefficient (Wildman–Crippen LogP) is 8.49. The molecule has 1 atom stereocenters. The van der Waals surface area contributed by atoms with Crippen molar-refractivity contribution in [3.63, 3.8) is 0 Å². The van der Waals surface area contributed by atoms with Crippen molar-refractivity contribution in [1.29, 1.82) is 0 Å². The average molecular weight is 344 g/mol. The van der Waals surface area contributed by atoms with Crippen LogP contribution >= 0.6 is 7.80 Å². The fraction of sp³-hybridized carbons (Fsp3) is 1.00. The lowest BCUT2D eigenvalue weighted by Crippen LogP contribution is -1.85. The zero-order chi connectivity index (χ0) is 17.0. The maximum absolute atomic E-state index is 11.5. The molecule has 0 bridgehead atoms. The van der Waals surface area contributed by atoms with Gasteiger partial charge in [-0.1, -0.05) is 108 Å². The fourth-order valence-electron chi connectivity index (χ4n) is 3.20. The Hall–Kier alpha value is 0.100. The van der Waals surface area contributed by atoms with Crippen LogP contribution in [0.1, 0.15) is 123 Å². The molecule has 0 N–H and O–H groups in total. The van der Waals surface area contributed by atoms with Crippen LogP contribution in [-0.4, -0.2) is 12.3 Å². The SMILES string of the molecule is CCCCCCCCCCCCCCCCCC[P+](=O)CCC. The molecule has 1 nitrogen and oxygen atoms in total. The molecule has 2 heteroatoms. The van der Waals surface area contributed by atoms with Crippen LogP contribution in [0.4, 0.5) is 0 Å². The van der Waals surface area contributed by atoms with Crippen LogP contribution in [0.25, 0.3) is 0 Å². The molecule has 0 heterocycles. The summed E-state index contributed by atoms with van der Waals surface area (Å²) in [5.41, 5.74) is 0. The van der Waals surface area contributed by atoms with Gasteiger partial charge in [0, 0.05) is 0 Å². The maximum Gasteiger partial charge on any atom is 0.338 e. The summed E-state index contributed by atoms with van der Waals surface area (Å²) in [6, 6.07) is 0. The molecule has 0 saturated heterocycles. The Balaban J connectivity index is 3.01. The van der Waals surface area contributed by atoms with E-state index in [1.54, 1.807) is 0 Å². The van der Waals surface area contributed by atoms with Crippen LogP contribution in [0.15, 0.2) is 0 Å². The van der Waals surface area contributed by atoms with Gasteiger partial charge >= 0.3 is 7.80 Å². The molecule has 0 amide bonds. The molecule has 0 fully saturated rings. The first-order valence-corrected chi connectivity index (χ1v) is 12.4. The van der Waals surface area contributed by atoms with E-state index in [9.17, 15) is 4.57 Å². The van der Waals surface area contributed by atoms with E-state index in [1.807, 2.05) is 0 Å². The Morgan fingerprint density at radius 2 is 0.783 bits per heavy atom. The van der Waals surface area contributed by atoms with Gasteiger partial charge in [0.2, 0.25) is 0 Å². The molecule has 0 radical (unpaired) electrons. The van der Waals surface area contributed by atoms with Crippen molar-refractivity contribution in [2.24, 2.45) is 0 Å². The summed E-state index contributed by atoms with van der Waals surface area (Å²) in [4.78, 5) is 0. The van der Waals surface area contributed by atoms with E-state index in [1.165, 1.54) is 103 Å². The minimum atomic E-state index is -0.873. The van der Waals surface area contributed by atoms with Gasteiger partial charge in [0.15, 0.2) is 0 Å². The van der Waals surface area contributed by atoms with Gasteiger partial charge in [0.1, 0.15) is 12.3 Å². The third-order valence-electron chi connectivity index (χ3n) is 4.73. The first-order chi connectivity index (χ1) is 11.3. The van der Waals surface area contributed by atoms with Gasteiger partial charge in [-0.05, 0) is 19.3 Å². The fourth-order valence-corrected chi connectivity index (χ4v) is 4.50. The molecule has 0 aromatic rings. The summed E-state index contributed by atoms with van der Waals surface area (Å²) in [5, 5.41) is 0. The molecule has 0 aliphatic heterocycles. The lowest BCUT2D eigenvalue weighted by atomic mass is 10.0. The molecule has 1 unspecified atom stereocenters. The Labute approximate surface area is 148 Å². The Morgan fingerprint density at radius 3 is 1.13 bits per heavy atom. The molecule has 0 spiro atoms. The smallest absolute Gasteiger partial charge is 0.0748 e. The lowest BCUT2D eigenvalue weighted by molar-refractivity contribution is 0.531. The van der Waals surface area contributed by atoms with Crippen molar-refractivity contribution in [3.05, 3.63) is 0 Å². The van der Waals surface area contributed by atoms with Crippen LogP contribution in [0.2, 0.25) is 0 Å². The van der Waals surface area contributed by atoms with Gasteiger partial charge in [-0.2, -0.15) is 0 Å². The molecule has 23 heavy (non-hydrogen) atoms. The summed E-state index contributed by atoms with van der Waals surface area (Å²) in [6.45, 7) is 4.41. The van der Waals surface area contributed by atoms with Crippen LogP contribution in [-0.2, 0) is 4.57 Å². The van der Waals surface area contributed by atoms with Crippen LogP contribution in [0.5, 0.6) is 0 Å². The van der Waals surface area contributed by atoms with Crippen molar-refractivity contribution >= 4 is 7.80 Å². The van der Waals surface area contributed by atoms with Crippen LogP contribution in [0.3, 0.4) is 0 Å². The average Bonchev–Trinajstić information content (AvgIpc) is 2.54. The van der Waals surface area contributed by atoms with E-state index in [0.717, 1.165) is 18.7 Å². The summed E-state index contributed by atoms with van der Waals surface area (Å²) >= 11 is 0. The number of rotatable bonds is 19. The third-order valence-corrected chi connectivity index (χ3v) is 6.50. The van der Waals surface area contributed by atoms with Crippen LogP contribution in [0, 0.1) is 0 Å². The minimum Gasteiger partial charge on any atom is -0.0748 e. The van der Waals surface area contributed by atoms with Crippen molar-refractivity contribution in [1.82, 2.24) is 0 Å². The van der Waals surface area contributed by atoms with Gasteiger partial charge in [0.25, 0.3) is 0 Å². The normalized spacial score (nSPS) is 11.8. The summed E-state index contributed by atoms with van der Waals surface area (Å²) in [7, 11) is -0.873. The number of unbranched alkanes of at least 4 members (excludes halogenated alkanes) is 15. The van der Waals surface area contributed by atoms with Gasteiger partial charge in [-0.15, -0.1) is 0 Å². The van der Waals surface area contributed by atoms with Crippen molar-refractivity contribution < 1.29 is 4.57 Å². The van der Waals surface area contributed by atoms with Gasteiger partial charge in [-0.25, -0.2) is 0 Å². The minimum absolute atomic E-state index is 0.873. The summed E-state index contributed by atoms with van der Waals surface area (Å²) in [5.74, 6) is 0. The predicted molar refractivity (Wildman–Crippen MR) is 107 cm³/mol. The van der Waals surface area contributed by atoms with E-state index in [4.69, 9.17) is 0 Å². The third kappa shape index (κ3) is 20.1. The quantitative estimate of drug-likeness (QED) is 0.170. The van der Waals surface area contributed by atoms with Crippen molar-refractivity contribution in [2.45, 2.75) is 123 Å². The van der Waals surface area contributed by atoms with Gasteiger partial charge in [0.05, 0.1) is 0 Å². The number of hydrogen-bond acceptors (Lipinski definition) is 1. The molecule has 0 aromatic heterocycles. The molecule has 0 aliphatic carbocycles. The molecule has 0 saturated carbocycles. The van der Waals surface area contributed by atoms with E-state index in [0.29, 0.717) is 0 Å². The topological polar surface area (TPSA) is 17.1 Å². The highest BCUT2D eigenvalue weighted by molar-refractivity contribution is 7.44. The highest BCUT2D eigenvalue weighted by Gasteiger charge is 2.11. The lowest BCUT2D eigenvalue weighted by Gasteiger charge is -2.03. The maximum atomic E-state index is 11.5. The summed E-state index contributed by atoms with van der Waals surface area (Å²) < 4.78 is 11.5. The van der Waals surface area contributed by atoms with Crippen molar-refractivity contribution in [2.75, 3.05) is 12.3 Å². The second-order valence-corrected chi connectivity index (χ2v) is 9.09. The second-order valence-electron chi connectivity index (χ2n) is 7.23. The first kappa shape index (κ1) is 23.1. The summed E-state index contributed by atoms with van der Waals surface area (Å²) in [6.07, 6.45) is 25.5.